The predicted molar refractivity (Wildman–Crippen MR) is 230 cm³/mol. The minimum Gasteiger partial charge on any atom is -0.381 e. The molecule has 2 aromatic heterocycles. The van der Waals surface area contributed by atoms with E-state index in [0.29, 0.717) is 53.8 Å². The number of pyridine rings is 1. The Morgan fingerprint density at radius 3 is 1.75 bits per heavy atom. The number of aromatic nitrogens is 3. The standard InChI is InChI=1S/C21H21ClN4O2S.C21H35NO2SSi/c1-26-19(5-8-24-26)20-18(22)12-17(13-23-20)29-16-4-2-3-15(11-16)25-21(27)14-6-9-28-10-7-14;1-15(2)26(16(3)4,17(5)6)25-20-9-7-8-19(14-20)22-21(23)18-10-12-24-13-11-18/h2-5,8,11-14H,6-7,9-10H2,1H3,(H,25,27);7-9,14-18H,10-13H2,1-6H3,(H,22,23). The smallest absolute Gasteiger partial charge is 0.227 e. The Labute approximate surface area is 341 Å². The summed E-state index contributed by atoms with van der Waals surface area (Å²) in [6.45, 7) is 17.0. The third kappa shape index (κ3) is 11.5. The van der Waals surface area contributed by atoms with Crippen molar-refractivity contribution in [2.24, 2.45) is 18.9 Å². The van der Waals surface area contributed by atoms with E-state index < -0.39 is 7.22 Å². The van der Waals surface area contributed by atoms with Gasteiger partial charge in [-0.1, -0.05) is 77.0 Å². The zero-order valence-corrected chi connectivity index (χ0v) is 36.5. The number of hydrogen-bond donors (Lipinski definition) is 2. The van der Waals surface area contributed by atoms with Crippen molar-refractivity contribution in [2.75, 3.05) is 37.1 Å². The number of benzene rings is 2. The molecule has 4 aromatic rings. The second-order valence-corrected chi connectivity index (χ2v) is 25.3. The van der Waals surface area contributed by atoms with Crippen LogP contribution < -0.4 is 10.6 Å². The van der Waals surface area contributed by atoms with Crippen LogP contribution in [0.2, 0.25) is 21.6 Å². The lowest BCUT2D eigenvalue weighted by Crippen LogP contribution is -2.40. The van der Waals surface area contributed by atoms with Gasteiger partial charge in [0.1, 0.15) is 12.9 Å². The van der Waals surface area contributed by atoms with Crippen LogP contribution in [0.15, 0.2) is 87.7 Å². The summed E-state index contributed by atoms with van der Waals surface area (Å²) in [7, 11) is 0.281. The Balaban J connectivity index is 0.000000213. The van der Waals surface area contributed by atoms with Gasteiger partial charge in [-0.25, -0.2) is 0 Å². The molecule has 4 heterocycles. The molecule has 13 heteroatoms. The molecule has 2 aromatic carbocycles. The predicted octanol–water partition coefficient (Wildman–Crippen LogP) is 11.0. The fraction of sp³-hybridized carbons (Fsp3) is 0.476. The van der Waals surface area contributed by atoms with Crippen LogP contribution in [0.5, 0.6) is 0 Å². The molecule has 2 fully saturated rings. The van der Waals surface area contributed by atoms with Gasteiger partial charge in [0.25, 0.3) is 0 Å². The zero-order valence-electron chi connectivity index (χ0n) is 33.1. The monoisotopic (exact) mass is 821 g/mol. The highest BCUT2D eigenvalue weighted by Gasteiger charge is 2.44. The number of carbonyl (C=O) groups excluding carboxylic acids is 2. The molecule has 2 aliphatic rings. The Morgan fingerprint density at radius 2 is 1.27 bits per heavy atom. The lowest BCUT2D eigenvalue weighted by molar-refractivity contribution is -0.123. The molecule has 0 bridgehead atoms. The van der Waals surface area contributed by atoms with E-state index in [-0.39, 0.29) is 23.7 Å². The second-order valence-electron chi connectivity index (χ2n) is 15.2. The SMILES string of the molecule is CC(C)[Si](Sc1cccc(NC(=O)C2CCOCC2)c1)(C(C)C)C(C)C.Cn1nccc1-c1ncc(Sc2cccc(NC(=O)C3CCOCC3)c2)cc1Cl. The highest BCUT2D eigenvalue weighted by molar-refractivity contribution is 8.29. The van der Waals surface area contributed by atoms with Crippen molar-refractivity contribution in [1.29, 1.82) is 0 Å². The van der Waals surface area contributed by atoms with Crippen LogP contribution in [0.4, 0.5) is 11.4 Å². The van der Waals surface area contributed by atoms with Gasteiger partial charge in [-0.15, -0.1) is 0 Å². The van der Waals surface area contributed by atoms with Gasteiger partial charge in [0.2, 0.25) is 11.8 Å². The quantitative estimate of drug-likeness (QED) is 0.136. The lowest BCUT2D eigenvalue weighted by Gasteiger charge is -2.42. The summed E-state index contributed by atoms with van der Waals surface area (Å²) in [6.07, 6.45) is 6.71. The molecule has 2 amide bonds. The van der Waals surface area contributed by atoms with Gasteiger partial charge in [-0.3, -0.25) is 19.3 Å². The van der Waals surface area contributed by atoms with Crippen LogP contribution in [0, 0.1) is 11.8 Å². The van der Waals surface area contributed by atoms with Crippen molar-refractivity contribution in [2.45, 2.75) is 98.5 Å². The number of anilines is 2. The van der Waals surface area contributed by atoms with Crippen LogP contribution in [-0.4, -0.2) is 60.2 Å². The number of carbonyl (C=O) groups is 2. The number of rotatable bonds is 12. The molecule has 6 rings (SSSR count). The largest absolute Gasteiger partial charge is 0.381 e. The fourth-order valence-electron chi connectivity index (χ4n) is 7.65. The van der Waals surface area contributed by atoms with Gasteiger partial charge in [0, 0.05) is 83.8 Å². The molecule has 0 saturated carbocycles. The van der Waals surface area contributed by atoms with E-state index in [9.17, 15) is 9.59 Å². The molecular weight excluding hydrogens is 766 g/mol. The number of halogens is 1. The van der Waals surface area contributed by atoms with Crippen molar-refractivity contribution in [3.8, 4) is 11.4 Å². The van der Waals surface area contributed by atoms with E-state index in [4.69, 9.17) is 21.1 Å². The number of hydrogen-bond acceptors (Lipinski definition) is 8. The topological polar surface area (TPSA) is 107 Å². The van der Waals surface area contributed by atoms with Crippen LogP contribution >= 0.6 is 34.6 Å². The average molecular weight is 823 g/mol. The maximum Gasteiger partial charge on any atom is 0.227 e. The molecule has 0 aliphatic carbocycles. The number of amides is 2. The van der Waals surface area contributed by atoms with Gasteiger partial charge in [0.15, 0.2) is 0 Å². The van der Waals surface area contributed by atoms with E-state index in [1.54, 1.807) is 28.8 Å². The van der Waals surface area contributed by atoms with Gasteiger partial charge in [-0.05, 0) is 90.8 Å². The Kier molecular flexibility index (Phi) is 15.9. The average Bonchev–Trinajstić information content (AvgIpc) is 3.60. The molecule has 55 heavy (non-hydrogen) atoms. The van der Waals surface area contributed by atoms with Gasteiger partial charge in [-0.2, -0.15) is 16.3 Å². The highest BCUT2D eigenvalue weighted by atomic mass is 35.5. The third-order valence-electron chi connectivity index (χ3n) is 10.5. The van der Waals surface area contributed by atoms with Crippen molar-refractivity contribution in [3.63, 3.8) is 0 Å². The minimum atomic E-state index is -1.58. The summed E-state index contributed by atoms with van der Waals surface area (Å²) in [5.74, 6) is 0.286. The van der Waals surface area contributed by atoms with Crippen LogP contribution in [0.1, 0.15) is 67.2 Å². The fourth-order valence-corrected chi connectivity index (χ4v) is 18.0. The molecule has 2 aliphatic heterocycles. The minimum absolute atomic E-state index is 0.0163. The molecule has 9 nitrogen and oxygen atoms in total. The molecule has 0 unspecified atom stereocenters. The van der Waals surface area contributed by atoms with Crippen molar-refractivity contribution in [1.82, 2.24) is 14.8 Å². The molecule has 296 valence electrons. The van der Waals surface area contributed by atoms with Crippen LogP contribution in [0.25, 0.3) is 11.4 Å². The van der Waals surface area contributed by atoms with E-state index in [1.807, 2.05) is 49.5 Å². The molecule has 2 saturated heterocycles. The van der Waals surface area contributed by atoms with Gasteiger partial charge in [0.05, 0.1) is 10.7 Å². The Morgan fingerprint density at radius 1 is 0.764 bits per heavy atom. The van der Waals surface area contributed by atoms with Crippen molar-refractivity contribution in [3.05, 3.63) is 78.1 Å². The molecule has 2 N–H and O–H groups in total. The summed E-state index contributed by atoms with van der Waals surface area (Å²) in [5.41, 5.74) is 5.38. The third-order valence-corrected chi connectivity index (χ3v) is 24.0. The first-order chi connectivity index (χ1) is 26.4. The maximum atomic E-state index is 12.5. The Hall–Kier alpha value is -3.13. The molecule has 0 atom stereocenters. The number of ether oxygens (including phenoxy) is 2. The summed E-state index contributed by atoms with van der Waals surface area (Å²) in [5, 5.41) is 10.9. The number of nitrogens with zero attached hydrogens (tertiary/aromatic N) is 3. The first kappa shape index (κ1) is 43.0. The second kappa shape index (κ2) is 20.3. The summed E-state index contributed by atoms with van der Waals surface area (Å²) < 4.78 is 12.4. The molecule has 0 radical (unpaired) electrons. The zero-order chi connectivity index (χ0) is 39.5. The normalized spacial score (nSPS) is 15.5. The van der Waals surface area contributed by atoms with Crippen LogP contribution in [-0.2, 0) is 26.1 Å². The van der Waals surface area contributed by atoms with Crippen LogP contribution in [0.3, 0.4) is 0 Å². The Bertz CT molecular complexity index is 1860. The lowest BCUT2D eigenvalue weighted by atomic mass is 9.99. The highest BCUT2D eigenvalue weighted by Crippen LogP contribution is 2.52. The van der Waals surface area contributed by atoms with E-state index in [1.165, 1.54) is 4.90 Å². The van der Waals surface area contributed by atoms with Gasteiger partial charge < -0.3 is 20.1 Å². The summed E-state index contributed by atoms with van der Waals surface area (Å²) >= 11 is 10.1. The van der Waals surface area contributed by atoms with Gasteiger partial charge >= 0.3 is 0 Å². The molecule has 0 spiro atoms. The van der Waals surface area contributed by atoms with Crippen molar-refractivity contribution < 1.29 is 19.1 Å². The number of aryl methyl sites for hydroxylation is 1. The maximum absolute atomic E-state index is 12.5. The first-order valence-electron chi connectivity index (χ1n) is 19.4. The summed E-state index contributed by atoms with van der Waals surface area (Å²) in [6, 6.07) is 20.0. The summed E-state index contributed by atoms with van der Waals surface area (Å²) in [4.78, 5) is 32.7. The van der Waals surface area contributed by atoms with E-state index >= 15 is 0 Å². The van der Waals surface area contributed by atoms with Crippen molar-refractivity contribution >= 4 is 65.0 Å². The molecular formula is C42H56ClN5O4S2Si. The van der Waals surface area contributed by atoms with E-state index in [2.05, 4.69) is 91.7 Å². The van der Waals surface area contributed by atoms with E-state index in [0.717, 1.165) is 52.5 Å². The number of nitrogens with one attached hydrogen (secondary N) is 2. The first-order valence-corrected chi connectivity index (χ1v) is 24.3.